The summed E-state index contributed by atoms with van der Waals surface area (Å²) in [5.41, 5.74) is 0.813. The topological polar surface area (TPSA) is 47.6 Å². The summed E-state index contributed by atoms with van der Waals surface area (Å²) >= 11 is 1.48. The van der Waals surface area contributed by atoms with Crippen molar-refractivity contribution in [2.24, 2.45) is 0 Å². The van der Waals surface area contributed by atoms with Crippen LogP contribution in [0.2, 0.25) is 0 Å². The minimum atomic E-state index is -0.0302. The summed E-state index contributed by atoms with van der Waals surface area (Å²) in [6, 6.07) is 19.8. The molecular weight excluding hydrogens is 346 g/mol. The van der Waals surface area contributed by atoms with Crippen LogP contribution in [0.1, 0.15) is 6.42 Å². The van der Waals surface area contributed by atoms with Crippen LogP contribution in [0.3, 0.4) is 0 Å². The van der Waals surface area contributed by atoms with Crippen molar-refractivity contribution in [3.8, 4) is 11.5 Å². The molecule has 4 rings (SSSR count). The summed E-state index contributed by atoms with van der Waals surface area (Å²) in [6.07, 6.45) is 0.880. The first-order valence-corrected chi connectivity index (χ1v) is 9.58. The maximum Gasteiger partial charge on any atom is 0.234 e. The van der Waals surface area contributed by atoms with E-state index in [0.717, 1.165) is 39.3 Å². The van der Waals surface area contributed by atoms with Gasteiger partial charge in [-0.15, -0.1) is 11.8 Å². The van der Waals surface area contributed by atoms with Gasteiger partial charge in [0.25, 0.3) is 0 Å². The lowest BCUT2D eigenvalue weighted by molar-refractivity contribution is -0.113. The third-order valence-corrected chi connectivity index (χ3v) is 5.12. The molecule has 0 atom stereocenters. The van der Waals surface area contributed by atoms with Crippen LogP contribution in [0.25, 0.3) is 10.8 Å². The molecule has 5 heteroatoms. The molecule has 1 heterocycles. The third kappa shape index (κ3) is 3.94. The average molecular weight is 365 g/mol. The fourth-order valence-electron chi connectivity index (χ4n) is 2.85. The number of carbonyl (C=O) groups excluding carboxylic acids is 1. The van der Waals surface area contributed by atoms with Crippen molar-refractivity contribution in [1.82, 2.24) is 0 Å². The summed E-state index contributed by atoms with van der Waals surface area (Å²) in [7, 11) is 0. The highest BCUT2D eigenvalue weighted by Gasteiger charge is 2.12. The summed E-state index contributed by atoms with van der Waals surface area (Å²) in [5, 5.41) is 5.23. The van der Waals surface area contributed by atoms with Crippen LogP contribution in [0, 0.1) is 0 Å². The first kappa shape index (κ1) is 16.8. The van der Waals surface area contributed by atoms with Crippen molar-refractivity contribution in [2.45, 2.75) is 11.3 Å². The van der Waals surface area contributed by atoms with Gasteiger partial charge in [0, 0.05) is 17.0 Å². The maximum atomic E-state index is 12.3. The number of thioether (sulfide) groups is 1. The minimum Gasteiger partial charge on any atom is -0.490 e. The second-order valence-corrected chi connectivity index (χ2v) is 7.11. The number of fused-ring (bicyclic) bond motifs is 2. The molecule has 132 valence electrons. The molecule has 1 N–H and O–H groups in total. The molecule has 0 aliphatic carbocycles. The SMILES string of the molecule is O=C(CSc1ccc2c(c1)OCCCO2)Nc1ccc2ccccc2c1. The quantitative estimate of drug-likeness (QED) is 0.679. The molecule has 1 amide bonds. The number of ether oxygens (including phenoxy) is 2. The molecular formula is C21H19NO3S. The van der Waals surface area contributed by atoms with Crippen molar-refractivity contribution in [3.05, 3.63) is 60.7 Å². The number of rotatable bonds is 4. The van der Waals surface area contributed by atoms with Gasteiger partial charge in [0.15, 0.2) is 11.5 Å². The van der Waals surface area contributed by atoms with E-state index in [9.17, 15) is 4.79 Å². The highest BCUT2D eigenvalue weighted by atomic mass is 32.2. The van der Waals surface area contributed by atoms with E-state index in [1.165, 1.54) is 11.8 Å². The highest BCUT2D eigenvalue weighted by Crippen LogP contribution is 2.33. The van der Waals surface area contributed by atoms with Crippen LogP contribution >= 0.6 is 11.8 Å². The lowest BCUT2D eigenvalue weighted by atomic mass is 10.1. The van der Waals surface area contributed by atoms with Crippen molar-refractivity contribution < 1.29 is 14.3 Å². The lowest BCUT2D eigenvalue weighted by Gasteiger charge is -2.09. The van der Waals surface area contributed by atoms with Gasteiger partial charge in [-0.3, -0.25) is 4.79 Å². The molecule has 0 saturated carbocycles. The van der Waals surface area contributed by atoms with E-state index in [4.69, 9.17) is 9.47 Å². The third-order valence-electron chi connectivity index (χ3n) is 4.12. The number of hydrogen-bond donors (Lipinski definition) is 1. The Labute approximate surface area is 156 Å². The van der Waals surface area contributed by atoms with Gasteiger partial charge < -0.3 is 14.8 Å². The van der Waals surface area contributed by atoms with Crippen molar-refractivity contribution >= 4 is 34.1 Å². The summed E-state index contributed by atoms with van der Waals surface area (Å²) < 4.78 is 11.3. The van der Waals surface area contributed by atoms with Crippen LogP contribution in [0.4, 0.5) is 5.69 Å². The van der Waals surface area contributed by atoms with E-state index < -0.39 is 0 Å². The molecule has 0 radical (unpaired) electrons. The Balaban J connectivity index is 1.38. The molecule has 0 spiro atoms. The molecule has 4 nitrogen and oxygen atoms in total. The van der Waals surface area contributed by atoms with Gasteiger partial charge in [-0.25, -0.2) is 0 Å². The van der Waals surface area contributed by atoms with E-state index in [0.29, 0.717) is 19.0 Å². The van der Waals surface area contributed by atoms with Crippen LogP contribution < -0.4 is 14.8 Å². The Morgan fingerprint density at radius 3 is 2.62 bits per heavy atom. The normalized spacial score (nSPS) is 13.2. The van der Waals surface area contributed by atoms with Gasteiger partial charge in [-0.05, 0) is 41.1 Å². The van der Waals surface area contributed by atoms with E-state index in [1.54, 1.807) is 0 Å². The van der Waals surface area contributed by atoms with Gasteiger partial charge in [0.05, 0.1) is 19.0 Å². The smallest absolute Gasteiger partial charge is 0.234 e. The summed E-state index contributed by atoms with van der Waals surface area (Å²) in [5.74, 6) is 1.83. The maximum absolute atomic E-state index is 12.3. The van der Waals surface area contributed by atoms with Gasteiger partial charge in [-0.2, -0.15) is 0 Å². The largest absolute Gasteiger partial charge is 0.490 e. The van der Waals surface area contributed by atoms with Crippen molar-refractivity contribution in [3.63, 3.8) is 0 Å². The molecule has 0 fully saturated rings. The molecule has 0 bridgehead atoms. The molecule has 1 aliphatic heterocycles. The lowest BCUT2D eigenvalue weighted by Crippen LogP contribution is -2.13. The standard InChI is InChI=1S/C21H19NO3S/c23-21(22-17-7-6-15-4-1-2-5-16(15)12-17)14-26-18-8-9-19-20(13-18)25-11-3-10-24-19/h1-2,4-9,12-13H,3,10-11,14H2,(H,22,23). The van der Waals surface area contributed by atoms with Gasteiger partial charge in [0.1, 0.15) is 0 Å². The predicted molar refractivity (Wildman–Crippen MR) is 105 cm³/mol. The first-order chi connectivity index (χ1) is 12.8. The fourth-order valence-corrected chi connectivity index (χ4v) is 3.57. The molecule has 3 aromatic rings. The Morgan fingerprint density at radius 2 is 1.73 bits per heavy atom. The zero-order valence-corrected chi connectivity index (χ0v) is 15.1. The Kier molecular flexibility index (Phi) is 4.97. The Morgan fingerprint density at radius 1 is 0.923 bits per heavy atom. The molecule has 0 saturated heterocycles. The number of nitrogens with one attached hydrogen (secondary N) is 1. The number of amides is 1. The van der Waals surface area contributed by atoms with Crippen LogP contribution in [0.5, 0.6) is 11.5 Å². The predicted octanol–water partition coefficient (Wildman–Crippen LogP) is 4.73. The fraction of sp³-hybridized carbons (Fsp3) is 0.190. The number of hydrogen-bond acceptors (Lipinski definition) is 4. The number of carbonyl (C=O) groups is 1. The first-order valence-electron chi connectivity index (χ1n) is 8.59. The number of benzene rings is 3. The van der Waals surface area contributed by atoms with Crippen LogP contribution in [0.15, 0.2) is 65.6 Å². The molecule has 0 unspecified atom stereocenters. The Hall–Kier alpha value is -2.66. The van der Waals surface area contributed by atoms with Crippen molar-refractivity contribution in [2.75, 3.05) is 24.3 Å². The van der Waals surface area contributed by atoms with Crippen molar-refractivity contribution in [1.29, 1.82) is 0 Å². The number of anilines is 1. The van der Waals surface area contributed by atoms with E-state index >= 15 is 0 Å². The highest BCUT2D eigenvalue weighted by molar-refractivity contribution is 8.00. The summed E-state index contributed by atoms with van der Waals surface area (Å²) in [6.45, 7) is 1.33. The second kappa shape index (κ2) is 7.70. The van der Waals surface area contributed by atoms with E-state index in [-0.39, 0.29) is 5.91 Å². The van der Waals surface area contributed by atoms with Gasteiger partial charge in [0.2, 0.25) is 5.91 Å². The van der Waals surface area contributed by atoms with E-state index in [2.05, 4.69) is 11.4 Å². The molecule has 3 aromatic carbocycles. The summed E-state index contributed by atoms with van der Waals surface area (Å²) in [4.78, 5) is 13.3. The zero-order chi connectivity index (χ0) is 17.8. The molecule has 26 heavy (non-hydrogen) atoms. The monoisotopic (exact) mass is 365 g/mol. The molecule has 1 aliphatic rings. The minimum absolute atomic E-state index is 0.0302. The second-order valence-electron chi connectivity index (χ2n) is 6.06. The van der Waals surface area contributed by atoms with Crippen LogP contribution in [-0.2, 0) is 4.79 Å². The van der Waals surface area contributed by atoms with Gasteiger partial charge in [-0.1, -0.05) is 30.3 Å². The average Bonchev–Trinajstić information content (AvgIpc) is 2.91. The van der Waals surface area contributed by atoms with E-state index in [1.807, 2.05) is 54.6 Å². The van der Waals surface area contributed by atoms with Crippen LogP contribution in [-0.4, -0.2) is 24.9 Å². The van der Waals surface area contributed by atoms with Gasteiger partial charge >= 0.3 is 0 Å². The molecule has 0 aromatic heterocycles. The zero-order valence-electron chi connectivity index (χ0n) is 14.2. The Bertz CT molecular complexity index is 941.